The van der Waals surface area contributed by atoms with Crippen molar-refractivity contribution >= 4 is 11.7 Å². The molecule has 0 spiro atoms. The van der Waals surface area contributed by atoms with Crippen LogP contribution in [-0.4, -0.2) is 51.5 Å². The maximum absolute atomic E-state index is 12.3. The summed E-state index contributed by atoms with van der Waals surface area (Å²) >= 11 is 0. The van der Waals surface area contributed by atoms with Gasteiger partial charge in [-0.2, -0.15) is 0 Å². The quantitative estimate of drug-likeness (QED) is 0.616. The molecule has 8 heteroatoms. The molecular weight excluding hydrogens is 274 g/mol. The highest BCUT2D eigenvalue weighted by Crippen LogP contribution is 2.18. The van der Waals surface area contributed by atoms with Gasteiger partial charge < -0.3 is 24.9 Å². The van der Waals surface area contributed by atoms with Gasteiger partial charge >= 0.3 is 5.82 Å². The van der Waals surface area contributed by atoms with Crippen molar-refractivity contribution in [1.29, 1.82) is 0 Å². The molecule has 1 saturated heterocycles. The maximum Gasteiger partial charge on any atom is 0.381 e. The molecule has 2 heterocycles. The first-order valence-corrected chi connectivity index (χ1v) is 7.15. The van der Waals surface area contributed by atoms with Crippen molar-refractivity contribution < 1.29 is 9.72 Å². The Morgan fingerprint density at radius 1 is 1.62 bits per heavy atom. The monoisotopic (exact) mass is 295 g/mol. The number of nitrogens with one attached hydrogen (secondary N) is 1. The first-order valence-electron chi connectivity index (χ1n) is 7.15. The van der Waals surface area contributed by atoms with E-state index in [0.717, 1.165) is 25.9 Å². The molecule has 1 unspecified atom stereocenters. The van der Waals surface area contributed by atoms with Crippen LogP contribution in [0.3, 0.4) is 0 Å². The number of nitro groups is 1. The Hall–Kier alpha value is -1.96. The largest absolute Gasteiger partial charge is 0.381 e. The standard InChI is InChI=1S/C13H21N5O3/c1-10-15-12(18(20)21)9-16(10)7-5-13(19)17-6-3-4-11(17)8-14-2/h9,11,14H,3-8H2,1-2H3. The van der Waals surface area contributed by atoms with Gasteiger partial charge in [0.05, 0.1) is 0 Å². The topological polar surface area (TPSA) is 93.3 Å². The minimum atomic E-state index is -0.519. The molecule has 0 radical (unpaired) electrons. The number of hydrogen-bond acceptors (Lipinski definition) is 5. The number of amides is 1. The van der Waals surface area contributed by atoms with Crippen molar-refractivity contribution in [3.8, 4) is 0 Å². The van der Waals surface area contributed by atoms with Crippen LogP contribution in [-0.2, 0) is 11.3 Å². The Morgan fingerprint density at radius 2 is 2.38 bits per heavy atom. The van der Waals surface area contributed by atoms with Crippen LogP contribution in [0.1, 0.15) is 25.1 Å². The molecule has 2 rings (SSSR count). The number of carbonyl (C=O) groups excluding carboxylic acids is 1. The van der Waals surface area contributed by atoms with Gasteiger partial charge in [-0.25, -0.2) is 0 Å². The van der Waals surface area contributed by atoms with E-state index in [-0.39, 0.29) is 17.8 Å². The summed E-state index contributed by atoms with van der Waals surface area (Å²) in [4.78, 5) is 28.2. The normalized spacial score (nSPS) is 18.2. The lowest BCUT2D eigenvalue weighted by Crippen LogP contribution is -2.41. The highest BCUT2D eigenvalue weighted by atomic mass is 16.6. The van der Waals surface area contributed by atoms with Gasteiger partial charge in [-0.05, 0) is 29.8 Å². The Balaban J connectivity index is 1.93. The van der Waals surface area contributed by atoms with Gasteiger partial charge in [0, 0.05) is 39.0 Å². The van der Waals surface area contributed by atoms with Crippen LogP contribution < -0.4 is 5.32 Å². The van der Waals surface area contributed by atoms with Crippen LogP contribution in [0, 0.1) is 17.0 Å². The van der Waals surface area contributed by atoms with E-state index in [0.29, 0.717) is 18.8 Å². The lowest BCUT2D eigenvalue weighted by Gasteiger charge is -2.24. The molecule has 1 atom stereocenters. The number of likely N-dealkylation sites (tertiary alicyclic amines) is 1. The highest BCUT2D eigenvalue weighted by Gasteiger charge is 2.28. The zero-order valence-corrected chi connectivity index (χ0v) is 12.4. The Kier molecular flexibility index (Phi) is 4.89. The molecule has 0 bridgehead atoms. The summed E-state index contributed by atoms with van der Waals surface area (Å²) in [6.07, 6.45) is 3.79. The molecule has 21 heavy (non-hydrogen) atoms. The minimum absolute atomic E-state index is 0.100. The van der Waals surface area contributed by atoms with Gasteiger partial charge in [0.25, 0.3) is 0 Å². The van der Waals surface area contributed by atoms with Crippen molar-refractivity contribution in [1.82, 2.24) is 19.8 Å². The zero-order valence-electron chi connectivity index (χ0n) is 12.4. The first kappa shape index (κ1) is 15.4. The second-order valence-electron chi connectivity index (χ2n) is 5.29. The summed E-state index contributed by atoms with van der Waals surface area (Å²) in [5.74, 6) is 0.486. The summed E-state index contributed by atoms with van der Waals surface area (Å²) in [5, 5.41) is 13.8. The van der Waals surface area contributed by atoms with E-state index >= 15 is 0 Å². The SMILES string of the molecule is CNCC1CCCN1C(=O)CCn1cc([N+](=O)[O-])nc1C. The number of imidazole rings is 1. The van der Waals surface area contributed by atoms with Crippen LogP contribution in [0.2, 0.25) is 0 Å². The van der Waals surface area contributed by atoms with Gasteiger partial charge in [-0.15, -0.1) is 0 Å². The average Bonchev–Trinajstić information content (AvgIpc) is 3.03. The fourth-order valence-electron chi connectivity index (χ4n) is 2.78. The van der Waals surface area contributed by atoms with Crippen molar-refractivity contribution in [2.45, 2.75) is 38.8 Å². The molecule has 8 nitrogen and oxygen atoms in total. The van der Waals surface area contributed by atoms with Crippen molar-refractivity contribution in [2.24, 2.45) is 0 Å². The second kappa shape index (κ2) is 6.66. The fraction of sp³-hybridized carbons (Fsp3) is 0.692. The number of rotatable bonds is 6. The number of hydrogen-bond donors (Lipinski definition) is 1. The van der Waals surface area contributed by atoms with Crippen LogP contribution in [0.4, 0.5) is 5.82 Å². The summed E-state index contributed by atoms with van der Waals surface area (Å²) in [6, 6.07) is 0.265. The molecule has 0 saturated carbocycles. The van der Waals surface area contributed by atoms with E-state index < -0.39 is 4.92 Å². The third-order valence-electron chi connectivity index (χ3n) is 3.85. The average molecular weight is 295 g/mol. The predicted octanol–water partition coefficient (Wildman–Crippen LogP) is 0.700. The first-order chi connectivity index (χ1) is 10.0. The minimum Gasteiger partial charge on any atom is -0.358 e. The van der Waals surface area contributed by atoms with Crippen LogP contribution in [0.25, 0.3) is 0 Å². The third-order valence-corrected chi connectivity index (χ3v) is 3.85. The Morgan fingerprint density at radius 3 is 3.00 bits per heavy atom. The molecule has 1 aromatic rings. The molecule has 1 aromatic heterocycles. The van der Waals surface area contributed by atoms with E-state index in [1.165, 1.54) is 6.20 Å². The van der Waals surface area contributed by atoms with Crippen LogP contribution in [0.5, 0.6) is 0 Å². The molecule has 1 fully saturated rings. The van der Waals surface area contributed by atoms with Gasteiger partial charge in [0.15, 0.2) is 0 Å². The molecule has 116 valence electrons. The lowest BCUT2D eigenvalue weighted by molar-refractivity contribution is -0.389. The number of aromatic nitrogens is 2. The van der Waals surface area contributed by atoms with Crippen molar-refractivity contribution in [2.75, 3.05) is 20.1 Å². The number of nitrogens with zero attached hydrogens (tertiary/aromatic N) is 4. The highest BCUT2D eigenvalue weighted by molar-refractivity contribution is 5.76. The number of carbonyl (C=O) groups is 1. The molecule has 0 aliphatic carbocycles. The fourth-order valence-corrected chi connectivity index (χ4v) is 2.78. The van der Waals surface area contributed by atoms with E-state index in [9.17, 15) is 14.9 Å². The second-order valence-corrected chi connectivity index (χ2v) is 5.29. The summed E-state index contributed by atoms with van der Waals surface area (Å²) in [6.45, 7) is 3.74. The van der Waals surface area contributed by atoms with Gasteiger partial charge in [-0.1, -0.05) is 0 Å². The smallest absolute Gasteiger partial charge is 0.358 e. The Bertz CT molecular complexity index is 528. The predicted molar refractivity (Wildman–Crippen MR) is 76.9 cm³/mol. The molecule has 1 aliphatic rings. The molecule has 1 aliphatic heterocycles. The van der Waals surface area contributed by atoms with Gasteiger partial charge in [0.2, 0.25) is 11.7 Å². The van der Waals surface area contributed by atoms with Crippen LogP contribution in [0.15, 0.2) is 6.20 Å². The van der Waals surface area contributed by atoms with E-state index in [2.05, 4.69) is 10.3 Å². The summed E-state index contributed by atoms with van der Waals surface area (Å²) < 4.78 is 1.67. The van der Waals surface area contributed by atoms with E-state index in [1.54, 1.807) is 11.5 Å². The summed E-state index contributed by atoms with van der Waals surface area (Å²) in [7, 11) is 1.88. The van der Waals surface area contributed by atoms with Crippen molar-refractivity contribution in [3.63, 3.8) is 0 Å². The van der Waals surface area contributed by atoms with Gasteiger partial charge in [0.1, 0.15) is 6.20 Å². The lowest BCUT2D eigenvalue weighted by atomic mass is 10.2. The van der Waals surface area contributed by atoms with Crippen LogP contribution >= 0.6 is 0 Å². The Labute approximate surface area is 123 Å². The summed E-state index contributed by atoms with van der Waals surface area (Å²) in [5.41, 5.74) is 0. The molecule has 0 aromatic carbocycles. The maximum atomic E-state index is 12.3. The molecular formula is C13H21N5O3. The molecule has 1 amide bonds. The van der Waals surface area contributed by atoms with E-state index in [4.69, 9.17) is 0 Å². The third kappa shape index (κ3) is 3.57. The zero-order chi connectivity index (χ0) is 15.4. The number of aryl methyl sites for hydroxylation is 2. The van der Waals surface area contributed by atoms with Gasteiger partial charge in [-0.3, -0.25) is 4.79 Å². The number of likely N-dealkylation sites (N-methyl/N-ethyl adjacent to an activating group) is 1. The van der Waals surface area contributed by atoms with Crippen molar-refractivity contribution in [3.05, 3.63) is 22.1 Å². The van der Waals surface area contributed by atoms with E-state index in [1.807, 2.05) is 11.9 Å². The molecule has 1 N–H and O–H groups in total.